The molecular formula is C16H17FN2O2S. The smallest absolute Gasteiger partial charge is 0.308 e. The summed E-state index contributed by atoms with van der Waals surface area (Å²) in [7, 11) is 0. The van der Waals surface area contributed by atoms with Crippen LogP contribution in [0.15, 0.2) is 29.6 Å². The lowest BCUT2D eigenvalue weighted by Crippen LogP contribution is -2.42. The molecule has 0 spiro atoms. The van der Waals surface area contributed by atoms with Crippen LogP contribution in [0, 0.1) is 17.7 Å². The second-order valence-electron chi connectivity index (χ2n) is 5.78. The Morgan fingerprint density at radius 3 is 2.91 bits per heavy atom. The van der Waals surface area contributed by atoms with Crippen LogP contribution in [0.2, 0.25) is 0 Å². The van der Waals surface area contributed by atoms with Crippen LogP contribution in [0.5, 0.6) is 0 Å². The van der Waals surface area contributed by atoms with E-state index in [1.165, 1.54) is 17.4 Å². The first-order chi connectivity index (χ1) is 10.5. The summed E-state index contributed by atoms with van der Waals surface area (Å²) in [6.45, 7) is 3.30. The van der Waals surface area contributed by atoms with Gasteiger partial charge < -0.3 is 10.0 Å². The minimum atomic E-state index is -0.762. The standard InChI is InChI=1S/C16H17FN2O2S/c1-10-6-11(15(20)21)8-19(7-10)16-18-14(9-22-16)12-4-2-3-5-13(12)17/h2-5,9-11H,6-8H2,1H3,(H,20,21). The molecule has 0 aliphatic carbocycles. The Morgan fingerprint density at radius 1 is 1.41 bits per heavy atom. The van der Waals surface area contributed by atoms with Crippen molar-refractivity contribution in [2.24, 2.45) is 11.8 Å². The molecule has 1 aliphatic rings. The molecule has 1 aromatic heterocycles. The first-order valence-electron chi connectivity index (χ1n) is 7.22. The van der Waals surface area contributed by atoms with E-state index in [-0.39, 0.29) is 11.7 Å². The van der Waals surface area contributed by atoms with E-state index >= 15 is 0 Å². The Hall–Kier alpha value is -1.95. The molecule has 2 atom stereocenters. The van der Waals surface area contributed by atoms with Crippen LogP contribution in [0.25, 0.3) is 11.3 Å². The molecular weight excluding hydrogens is 303 g/mol. The molecule has 2 unspecified atom stereocenters. The molecule has 22 heavy (non-hydrogen) atoms. The van der Waals surface area contributed by atoms with E-state index in [0.29, 0.717) is 30.1 Å². The molecule has 4 nitrogen and oxygen atoms in total. The fourth-order valence-electron chi connectivity index (χ4n) is 2.89. The zero-order chi connectivity index (χ0) is 15.7. The number of carboxylic acids is 1. The van der Waals surface area contributed by atoms with Gasteiger partial charge in [0.25, 0.3) is 0 Å². The predicted octanol–water partition coefficient (Wildman–Crippen LogP) is 3.50. The number of aromatic nitrogens is 1. The minimum absolute atomic E-state index is 0.297. The average Bonchev–Trinajstić information content (AvgIpc) is 2.96. The van der Waals surface area contributed by atoms with Crippen LogP contribution < -0.4 is 4.90 Å². The molecule has 6 heteroatoms. The third kappa shape index (κ3) is 2.97. The van der Waals surface area contributed by atoms with Gasteiger partial charge >= 0.3 is 5.97 Å². The van der Waals surface area contributed by atoms with E-state index < -0.39 is 5.97 Å². The SMILES string of the molecule is CC1CC(C(=O)O)CN(c2nc(-c3ccccc3F)cs2)C1. The van der Waals surface area contributed by atoms with Crippen molar-refractivity contribution in [1.82, 2.24) is 4.98 Å². The van der Waals surface area contributed by atoms with Crippen LogP contribution in [-0.2, 0) is 4.79 Å². The summed E-state index contributed by atoms with van der Waals surface area (Å²) in [6, 6.07) is 6.54. The number of piperidine rings is 1. The van der Waals surface area contributed by atoms with E-state index in [9.17, 15) is 14.3 Å². The molecule has 1 N–H and O–H groups in total. The summed E-state index contributed by atoms with van der Waals surface area (Å²) in [5.74, 6) is -1.13. The van der Waals surface area contributed by atoms with Crippen molar-refractivity contribution in [2.75, 3.05) is 18.0 Å². The maximum absolute atomic E-state index is 13.8. The number of rotatable bonds is 3. The maximum atomic E-state index is 13.8. The Balaban J connectivity index is 1.84. The van der Waals surface area contributed by atoms with Crippen LogP contribution in [0.3, 0.4) is 0 Å². The molecule has 0 saturated carbocycles. The zero-order valence-electron chi connectivity index (χ0n) is 12.2. The molecule has 116 valence electrons. The van der Waals surface area contributed by atoms with E-state index in [4.69, 9.17) is 0 Å². The van der Waals surface area contributed by atoms with Crippen LogP contribution in [0.1, 0.15) is 13.3 Å². The number of halogens is 1. The molecule has 0 amide bonds. The fraction of sp³-hybridized carbons (Fsp3) is 0.375. The number of thiazole rings is 1. The summed E-state index contributed by atoms with van der Waals surface area (Å²) in [4.78, 5) is 17.8. The van der Waals surface area contributed by atoms with Crippen LogP contribution in [0.4, 0.5) is 9.52 Å². The first-order valence-corrected chi connectivity index (χ1v) is 8.10. The maximum Gasteiger partial charge on any atom is 0.308 e. The van der Waals surface area contributed by atoms with E-state index in [1.807, 2.05) is 17.2 Å². The predicted molar refractivity (Wildman–Crippen MR) is 84.6 cm³/mol. The average molecular weight is 320 g/mol. The lowest BCUT2D eigenvalue weighted by atomic mass is 9.91. The number of nitrogens with zero attached hydrogens (tertiary/aromatic N) is 2. The van der Waals surface area contributed by atoms with Gasteiger partial charge in [0.2, 0.25) is 0 Å². The second-order valence-corrected chi connectivity index (χ2v) is 6.61. The second kappa shape index (κ2) is 6.04. The molecule has 1 aliphatic heterocycles. The molecule has 3 rings (SSSR count). The normalized spacial score (nSPS) is 21.8. The third-order valence-electron chi connectivity index (χ3n) is 3.92. The van der Waals surface area contributed by atoms with Gasteiger partial charge in [-0.05, 0) is 24.5 Å². The van der Waals surface area contributed by atoms with Crippen LogP contribution in [-0.4, -0.2) is 29.1 Å². The molecule has 0 bridgehead atoms. The first kappa shape index (κ1) is 15.0. The number of hydrogen-bond acceptors (Lipinski definition) is 4. The highest BCUT2D eigenvalue weighted by Crippen LogP contribution is 2.32. The largest absolute Gasteiger partial charge is 0.481 e. The Kier molecular flexibility index (Phi) is 4.11. The minimum Gasteiger partial charge on any atom is -0.481 e. The van der Waals surface area contributed by atoms with Crippen LogP contribution >= 0.6 is 11.3 Å². The Bertz CT molecular complexity index is 688. The van der Waals surface area contributed by atoms with Crippen molar-refractivity contribution in [3.05, 3.63) is 35.5 Å². The Morgan fingerprint density at radius 2 is 2.18 bits per heavy atom. The van der Waals surface area contributed by atoms with Crippen molar-refractivity contribution >= 4 is 22.4 Å². The lowest BCUT2D eigenvalue weighted by Gasteiger charge is -2.34. The summed E-state index contributed by atoms with van der Waals surface area (Å²) in [5.41, 5.74) is 1.08. The van der Waals surface area contributed by atoms with Gasteiger partial charge in [0.1, 0.15) is 5.82 Å². The summed E-state index contributed by atoms with van der Waals surface area (Å²) >= 11 is 1.43. The summed E-state index contributed by atoms with van der Waals surface area (Å²) in [6.07, 6.45) is 0.692. The molecule has 1 fully saturated rings. The Labute approximate surface area is 132 Å². The molecule has 2 aromatic rings. The highest BCUT2D eigenvalue weighted by atomic mass is 32.1. The van der Waals surface area contributed by atoms with Gasteiger partial charge in [-0.25, -0.2) is 9.37 Å². The quantitative estimate of drug-likeness (QED) is 0.940. The van der Waals surface area contributed by atoms with Crippen molar-refractivity contribution in [1.29, 1.82) is 0 Å². The number of carboxylic acid groups (broad SMARTS) is 1. The van der Waals surface area contributed by atoms with Gasteiger partial charge in [-0.1, -0.05) is 19.1 Å². The van der Waals surface area contributed by atoms with Gasteiger partial charge in [0.05, 0.1) is 11.6 Å². The molecule has 1 saturated heterocycles. The highest BCUT2D eigenvalue weighted by molar-refractivity contribution is 7.14. The van der Waals surface area contributed by atoms with Gasteiger partial charge in [-0.3, -0.25) is 4.79 Å². The number of carbonyl (C=O) groups is 1. The fourth-order valence-corrected chi connectivity index (χ4v) is 3.73. The molecule has 1 aromatic carbocycles. The number of hydrogen-bond donors (Lipinski definition) is 1. The van der Waals surface area contributed by atoms with Gasteiger partial charge in [-0.15, -0.1) is 11.3 Å². The zero-order valence-corrected chi connectivity index (χ0v) is 13.0. The summed E-state index contributed by atoms with van der Waals surface area (Å²) < 4.78 is 13.8. The van der Waals surface area contributed by atoms with E-state index in [2.05, 4.69) is 4.98 Å². The third-order valence-corrected chi connectivity index (χ3v) is 4.82. The molecule has 2 heterocycles. The topological polar surface area (TPSA) is 53.4 Å². The van der Waals surface area contributed by atoms with E-state index in [0.717, 1.165) is 11.7 Å². The summed E-state index contributed by atoms with van der Waals surface area (Å²) in [5, 5.41) is 11.8. The number of aliphatic carboxylic acids is 1. The van der Waals surface area contributed by atoms with Gasteiger partial charge in [0, 0.05) is 24.0 Å². The molecule has 0 radical (unpaired) electrons. The number of anilines is 1. The van der Waals surface area contributed by atoms with Crippen molar-refractivity contribution in [3.63, 3.8) is 0 Å². The lowest BCUT2D eigenvalue weighted by molar-refractivity contribution is -0.142. The number of benzene rings is 1. The van der Waals surface area contributed by atoms with Crippen molar-refractivity contribution in [2.45, 2.75) is 13.3 Å². The van der Waals surface area contributed by atoms with Crippen molar-refractivity contribution < 1.29 is 14.3 Å². The van der Waals surface area contributed by atoms with Gasteiger partial charge in [-0.2, -0.15) is 0 Å². The van der Waals surface area contributed by atoms with E-state index in [1.54, 1.807) is 18.2 Å². The highest BCUT2D eigenvalue weighted by Gasteiger charge is 2.30. The van der Waals surface area contributed by atoms with Gasteiger partial charge in [0.15, 0.2) is 5.13 Å². The monoisotopic (exact) mass is 320 g/mol. The van der Waals surface area contributed by atoms with Crippen molar-refractivity contribution in [3.8, 4) is 11.3 Å².